The standard InChI is InChI=1S/C11H16BrN3.ClH/c12-10-6-3-7-11(15-10)14-9-5-2-1-4-8(9)13;/h3,6-9H,1-2,4-5,13H2,(H,14,15);1H. The van der Waals surface area contributed by atoms with Crippen LogP contribution >= 0.6 is 28.3 Å². The number of nitrogens with one attached hydrogen (secondary N) is 1. The molecular weight excluding hydrogens is 289 g/mol. The first-order valence-electron chi connectivity index (χ1n) is 5.40. The molecule has 0 aromatic carbocycles. The van der Waals surface area contributed by atoms with Crippen LogP contribution in [0.2, 0.25) is 0 Å². The van der Waals surface area contributed by atoms with E-state index in [1.54, 1.807) is 0 Å². The van der Waals surface area contributed by atoms with E-state index >= 15 is 0 Å². The number of pyridine rings is 1. The molecule has 5 heteroatoms. The van der Waals surface area contributed by atoms with E-state index in [2.05, 4.69) is 26.2 Å². The summed E-state index contributed by atoms with van der Waals surface area (Å²) in [6.07, 6.45) is 4.78. The topological polar surface area (TPSA) is 50.9 Å². The summed E-state index contributed by atoms with van der Waals surface area (Å²) in [5.74, 6) is 0.909. The van der Waals surface area contributed by atoms with Crippen LogP contribution in [0, 0.1) is 0 Å². The van der Waals surface area contributed by atoms with Gasteiger partial charge in [0.1, 0.15) is 10.4 Å². The van der Waals surface area contributed by atoms with Crippen LogP contribution in [-0.2, 0) is 0 Å². The first kappa shape index (κ1) is 13.7. The maximum Gasteiger partial charge on any atom is 0.127 e. The Morgan fingerprint density at radius 3 is 2.75 bits per heavy atom. The second kappa shape index (κ2) is 6.42. The highest BCUT2D eigenvalue weighted by Gasteiger charge is 2.21. The lowest BCUT2D eigenvalue weighted by molar-refractivity contribution is 0.403. The highest BCUT2D eigenvalue weighted by atomic mass is 79.9. The molecule has 0 spiro atoms. The number of nitrogens with two attached hydrogens (primary N) is 1. The van der Waals surface area contributed by atoms with Gasteiger partial charge in [0.05, 0.1) is 0 Å². The minimum absolute atomic E-state index is 0. The van der Waals surface area contributed by atoms with Gasteiger partial charge >= 0.3 is 0 Å². The smallest absolute Gasteiger partial charge is 0.127 e. The summed E-state index contributed by atoms with van der Waals surface area (Å²) < 4.78 is 0.858. The Kier molecular flexibility index (Phi) is 5.52. The molecule has 90 valence electrons. The largest absolute Gasteiger partial charge is 0.366 e. The summed E-state index contributed by atoms with van der Waals surface area (Å²) in [6.45, 7) is 0. The van der Waals surface area contributed by atoms with Crippen molar-refractivity contribution in [3.8, 4) is 0 Å². The lowest BCUT2D eigenvalue weighted by Crippen LogP contribution is -2.42. The molecule has 0 aliphatic heterocycles. The zero-order chi connectivity index (χ0) is 10.7. The molecule has 1 saturated carbocycles. The Hall–Kier alpha value is -0.320. The van der Waals surface area contributed by atoms with Crippen molar-refractivity contribution in [3.05, 3.63) is 22.8 Å². The Balaban J connectivity index is 0.00000128. The third-order valence-corrected chi connectivity index (χ3v) is 3.31. The van der Waals surface area contributed by atoms with Gasteiger partial charge in [0.25, 0.3) is 0 Å². The van der Waals surface area contributed by atoms with Gasteiger partial charge in [-0.15, -0.1) is 12.4 Å². The van der Waals surface area contributed by atoms with Gasteiger partial charge in [0, 0.05) is 12.1 Å². The quantitative estimate of drug-likeness (QED) is 0.826. The SMILES string of the molecule is Cl.NC1CCCCC1Nc1cccc(Br)n1. The van der Waals surface area contributed by atoms with Crippen molar-refractivity contribution in [2.24, 2.45) is 5.73 Å². The summed E-state index contributed by atoms with van der Waals surface area (Å²) >= 11 is 3.36. The molecule has 0 radical (unpaired) electrons. The van der Waals surface area contributed by atoms with Crippen LogP contribution in [0.25, 0.3) is 0 Å². The van der Waals surface area contributed by atoms with E-state index in [-0.39, 0.29) is 18.4 Å². The molecule has 1 aromatic rings. The molecule has 1 fully saturated rings. The van der Waals surface area contributed by atoms with Gasteiger partial charge in [0.2, 0.25) is 0 Å². The average Bonchev–Trinajstić information content (AvgIpc) is 2.22. The van der Waals surface area contributed by atoms with Crippen molar-refractivity contribution in [1.82, 2.24) is 4.98 Å². The number of aromatic nitrogens is 1. The van der Waals surface area contributed by atoms with Crippen molar-refractivity contribution in [3.63, 3.8) is 0 Å². The molecule has 0 bridgehead atoms. The lowest BCUT2D eigenvalue weighted by Gasteiger charge is -2.29. The average molecular weight is 307 g/mol. The summed E-state index contributed by atoms with van der Waals surface area (Å²) in [5, 5.41) is 3.41. The lowest BCUT2D eigenvalue weighted by atomic mass is 9.91. The fourth-order valence-corrected chi connectivity index (χ4v) is 2.36. The minimum atomic E-state index is 0. The van der Waals surface area contributed by atoms with E-state index in [4.69, 9.17) is 5.73 Å². The minimum Gasteiger partial charge on any atom is -0.366 e. The number of nitrogens with zero attached hydrogens (tertiary/aromatic N) is 1. The van der Waals surface area contributed by atoms with Gasteiger partial charge in [0.15, 0.2) is 0 Å². The Labute approximate surface area is 111 Å². The van der Waals surface area contributed by atoms with Crippen LogP contribution in [0.4, 0.5) is 5.82 Å². The summed E-state index contributed by atoms with van der Waals surface area (Å²) in [5.41, 5.74) is 6.06. The molecule has 0 amide bonds. The van der Waals surface area contributed by atoms with Crippen LogP contribution < -0.4 is 11.1 Å². The van der Waals surface area contributed by atoms with Gasteiger partial charge in [-0.3, -0.25) is 0 Å². The third kappa shape index (κ3) is 3.61. The summed E-state index contributed by atoms with van der Waals surface area (Å²) in [7, 11) is 0. The van der Waals surface area contributed by atoms with Gasteiger partial charge in [-0.1, -0.05) is 18.9 Å². The molecule has 2 unspecified atom stereocenters. The molecule has 16 heavy (non-hydrogen) atoms. The summed E-state index contributed by atoms with van der Waals surface area (Å²) in [6, 6.07) is 6.52. The number of halogens is 2. The number of anilines is 1. The van der Waals surface area contributed by atoms with Crippen molar-refractivity contribution < 1.29 is 0 Å². The molecule has 3 nitrogen and oxygen atoms in total. The highest BCUT2D eigenvalue weighted by molar-refractivity contribution is 9.10. The zero-order valence-electron chi connectivity index (χ0n) is 9.03. The van der Waals surface area contributed by atoms with E-state index in [9.17, 15) is 0 Å². The van der Waals surface area contributed by atoms with E-state index in [0.717, 1.165) is 23.3 Å². The predicted molar refractivity (Wildman–Crippen MR) is 73.0 cm³/mol. The van der Waals surface area contributed by atoms with Crippen LogP contribution in [0.1, 0.15) is 25.7 Å². The first-order chi connectivity index (χ1) is 7.25. The maximum absolute atomic E-state index is 6.06. The van der Waals surface area contributed by atoms with E-state index in [0.29, 0.717) is 6.04 Å². The fourth-order valence-electron chi connectivity index (χ4n) is 2.02. The second-order valence-corrected chi connectivity index (χ2v) is 4.86. The monoisotopic (exact) mass is 305 g/mol. The molecule has 2 rings (SSSR count). The normalized spacial score (nSPS) is 24.6. The van der Waals surface area contributed by atoms with E-state index < -0.39 is 0 Å². The molecule has 0 saturated heterocycles. The maximum atomic E-state index is 6.06. The van der Waals surface area contributed by atoms with Crippen LogP contribution in [0.3, 0.4) is 0 Å². The Bertz CT molecular complexity index is 335. The zero-order valence-corrected chi connectivity index (χ0v) is 11.4. The van der Waals surface area contributed by atoms with Gasteiger partial charge in [-0.2, -0.15) is 0 Å². The van der Waals surface area contributed by atoms with E-state index in [1.807, 2.05) is 18.2 Å². The van der Waals surface area contributed by atoms with Gasteiger partial charge in [-0.25, -0.2) is 4.98 Å². The van der Waals surface area contributed by atoms with Crippen molar-refractivity contribution in [2.45, 2.75) is 37.8 Å². The van der Waals surface area contributed by atoms with Crippen LogP contribution in [0.5, 0.6) is 0 Å². The number of rotatable bonds is 2. The highest BCUT2D eigenvalue weighted by Crippen LogP contribution is 2.20. The Morgan fingerprint density at radius 1 is 1.31 bits per heavy atom. The van der Waals surface area contributed by atoms with Crippen molar-refractivity contribution >= 4 is 34.2 Å². The first-order valence-corrected chi connectivity index (χ1v) is 6.20. The number of hydrogen-bond acceptors (Lipinski definition) is 3. The van der Waals surface area contributed by atoms with Crippen molar-refractivity contribution in [1.29, 1.82) is 0 Å². The van der Waals surface area contributed by atoms with Crippen LogP contribution in [-0.4, -0.2) is 17.1 Å². The van der Waals surface area contributed by atoms with Gasteiger partial charge < -0.3 is 11.1 Å². The molecule has 1 aliphatic carbocycles. The van der Waals surface area contributed by atoms with Crippen molar-refractivity contribution in [2.75, 3.05) is 5.32 Å². The van der Waals surface area contributed by atoms with Crippen LogP contribution in [0.15, 0.2) is 22.8 Å². The molecule has 1 heterocycles. The Morgan fingerprint density at radius 2 is 2.06 bits per heavy atom. The molecular formula is C11H17BrClN3. The summed E-state index contributed by atoms with van der Waals surface area (Å²) in [4.78, 5) is 4.35. The predicted octanol–water partition coefficient (Wildman–Crippen LogP) is 2.95. The molecule has 1 aliphatic rings. The second-order valence-electron chi connectivity index (χ2n) is 4.04. The molecule has 3 N–H and O–H groups in total. The number of hydrogen-bond donors (Lipinski definition) is 2. The van der Waals surface area contributed by atoms with E-state index in [1.165, 1.54) is 12.8 Å². The molecule has 2 atom stereocenters. The van der Waals surface area contributed by atoms with Gasteiger partial charge in [-0.05, 0) is 40.9 Å². The molecule has 1 aromatic heterocycles. The fraction of sp³-hybridized carbons (Fsp3) is 0.545. The third-order valence-electron chi connectivity index (χ3n) is 2.87.